The van der Waals surface area contributed by atoms with Crippen molar-refractivity contribution < 1.29 is 13.9 Å². The summed E-state index contributed by atoms with van der Waals surface area (Å²) >= 11 is 0. The number of hydrogen-bond donors (Lipinski definition) is 2. The Labute approximate surface area is 158 Å². The van der Waals surface area contributed by atoms with Crippen LogP contribution >= 0.6 is 0 Å². The number of nitrogens with one attached hydrogen (secondary N) is 1. The van der Waals surface area contributed by atoms with Gasteiger partial charge in [-0.1, -0.05) is 12.1 Å². The molecule has 0 aromatic heterocycles. The zero-order valence-electron chi connectivity index (χ0n) is 15.5. The Balaban J connectivity index is 1.47. The molecule has 3 rings (SSSR count). The van der Waals surface area contributed by atoms with Crippen molar-refractivity contribution in [3.05, 3.63) is 53.8 Å². The van der Waals surface area contributed by atoms with Gasteiger partial charge in [0.15, 0.2) is 17.5 Å². The summed E-state index contributed by atoms with van der Waals surface area (Å²) in [6.45, 7) is 3.32. The fraction of sp³-hybridized carbons (Fsp3) is 0.350. The fourth-order valence-corrected chi connectivity index (χ4v) is 2.75. The van der Waals surface area contributed by atoms with Crippen LogP contribution in [-0.2, 0) is 6.54 Å². The van der Waals surface area contributed by atoms with Crippen LogP contribution in [0.1, 0.15) is 12.0 Å². The number of aliphatic imine (C=N–C) groups is 1. The minimum Gasteiger partial charge on any atom is -0.490 e. The van der Waals surface area contributed by atoms with Gasteiger partial charge in [-0.25, -0.2) is 4.39 Å². The predicted octanol–water partition coefficient (Wildman–Crippen LogP) is 2.85. The predicted molar refractivity (Wildman–Crippen MR) is 105 cm³/mol. The zero-order valence-corrected chi connectivity index (χ0v) is 15.5. The summed E-state index contributed by atoms with van der Waals surface area (Å²) in [5, 5.41) is 3.07. The number of nitrogens with zero attached hydrogens (tertiary/aromatic N) is 2. The molecule has 0 radical (unpaired) electrons. The molecular weight excluding hydrogens is 347 g/mol. The third kappa shape index (κ3) is 5.86. The minimum absolute atomic E-state index is 0.223. The van der Waals surface area contributed by atoms with Crippen molar-refractivity contribution in [2.75, 3.05) is 38.7 Å². The molecule has 0 saturated carbocycles. The highest BCUT2D eigenvalue weighted by atomic mass is 19.1. The maximum atomic E-state index is 12.9. The Morgan fingerprint density at radius 2 is 1.89 bits per heavy atom. The van der Waals surface area contributed by atoms with Gasteiger partial charge in [0.1, 0.15) is 5.82 Å². The topological polar surface area (TPSA) is 72.1 Å². The average molecular weight is 372 g/mol. The third-order valence-electron chi connectivity index (χ3n) is 4.15. The van der Waals surface area contributed by atoms with Gasteiger partial charge >= 0.3 is 0 Å². The fourth-order valence-electron chi connectivity index (χ4n) is 2.75. The highest BCUT2D eigenvalue weighted by Gasteiger charge is 2.10. The lowest BCUT2D eigenvalue weighted by Gasteiger charge is -2.15. The van der Waals surface area contributed by atoms with Gasteiger partial charge in [0.25, 0.3) is 0 Å². The van der Waals surface area contributed by atoms with Crippen LogP contribution in [0.4, 0.5) is 10.1 Å². The van der Waals surface area contributed by atoms with Crippen molar-refractivity contribution in [1.82, 2.24) is 4.90 Å². The summed E-state index contributed by atoms with van der Waals surface area (Å²) in [5.41, 5.74) is 7.84. The molecule has 1 heterocycles. The summed E-state index contributed by atoms with van der Waals surface area (Å²) < 4.78 is 24.2. The first kappa shape index (κ1) is 19.0. The molecule has 1 aliphatic rings. The molecule has 2 aromatic rings. The first-order valence-corrected chi connectivity index (χ1v) is 9.00. The number of ether oxygens (including phenoxy) is 2. The largest absolute Gasteiger partial charge is 0.490 e. The quantitative estimate of drug-likeness (QED) is 0.603. The van der Waals surface area contributed by atoms with Gasteiger partial charge in [-0.3, -0.25) is 4.99 Å². The molecule has 3 N–H and O–H groups in total. The zero-order chi connectivity index (χ0) is 19.1. The van der Waals surface area contributed by atoms with Crippen LogP contribution in [0.3, 0.4) is 0 Å². The van der Waals surface area contributed by atoms with Gasteiger partial charge in [-0.05, 0) is 36.9 Å². The molecule has 0 atom stereocenters. The normalized spacial score (nSPS) is 14.1. The SMILES string of the molecule is CN(CCN=C(N)Nc1ccc2c(c1)OCCCO2)Cc1ccc(F)cc1. The molecular formula is C20H25FN4O2. The van der Waals surface area contributed by atoms with E-state index in [4.69, 9.17) is 15.2 Å². The number of guanidine groups is 1. The van der Waals surface area contributed by atoms with Crippen LogP contribution in [0, 0.1) is 5.82 Å². The van der Waals surface area contributed by atoms with Crippen molar-refractivity contribution in [1.29, 1.82) is 0 Å². The molecule has 144 valence electrons. The second-order valence-corrected chi connectivity index (χ2v) is 6.47. The summed E-state index contributed by atoms with van der Waals surface area (Å²) in [4.78, 5) is 6.46. The van der Waals surface area contributed by atoms with Crippen molar-refractivity contribution in [3.63, 3.8) is 0 Å². The number of benzene rings is 2. The van der Waals surface area contributed by atoms with Crippen molar-refractivity contribution in [2.24, 2.45) is 10.7 Å². The lowest BCUT2D eigenvalue weighted by molar-refractivity contribution is 0.297. The average Bonchev–Trinajstić information content (AvgIpc) is 2.88. The summed E-state index contributed by atoms with van der Waals surface area (Å²) in [7, 11) is 1.99. The maximum absolute atomic E-state index is 12.9. The van der Waals surface area contributed by atoms with Crippen molar-refractivity contribution in [2.45, 2.75) is 13.0 Å². The molecule has 0 fully saturated rings. The van der Waals surface area contributed by atoms with Crippen LogP contribution in [-0.4, -0.2) is 44.2 Å². The van der Waals surface area contributed by atoms with Crippen LogP contribution < -0.4 is 20.5 Å². The van der Waals surface area contributed by atoms with Crippen LogP contribution in [0.25, 0.3) is 0 Å². The Hall–Kier alpha value is -2.80. The summed E-state index contributed by atoms with van der Waals surface area (Å²) in [6.07, 6.45) is 0.868. The summed E-state index contributed by atoms with van der Waals surface area (Å²) in [5.74, 6) is 1.58. The van der Waals surface area contributed by atoms with Gasteiger partial charge in [0.05, 0.1) is 19.8 Å². The van der Waals surface area contributed by atoms with Gasteiger partial charge in [-0.2, -0.15) is 0 Å². The molecule has 1 aliphatic heterocycles. The third-order valence-corrected chi connectivity index (χ3v) is 4.15. The summed E-state index contributed by atoms with van der Waals surface area (Å²) in [6, 6.07) is 12.1. The number of fused-ring (bicyclic) bond motifs is 1. The van der Waals surface area contributed by atoms with E-state index in [1.807, 2.05) is 25.2 Å². The molecule has 0 saturated heterocycles. The lowest BCUT2D eigenvalue weighted by atomic mass is 10.2. The number of nitrogens with two attached hydrogens (primary N) is 1. The smallest absolute Gasteiger partial charge is 0.193 e. The van der Waals surface area contributed by atoms with E-state index in [0.717, 1.165) is 36.5 Å². The highest BCUT2D eigenvalue weighted by molar-refractivity contribution is 5.92. The van der Waals surface area contributed by atoms with E-state index in [1.165, 1.54) is 12.1 Å². The van der Waals surface area contributed by atoms with E-state index in [1.54, 1.807) is 12.1 Å². The lowest BCUT2D eigenvalue weighted by Crippen LogP contribution is -2.26. The Kier molecular flexibility index (Phi) is 6.49. The molecule has 7 heteroatoms. The van der Waals surface area contributed by atoms with E-state index >= 15 is 0 Å². The van der Waals surface area contributed by atoms with E-state index in [9.17, 15) is 4.39 Å². The van der Waals surface area contributed by atoms with Gasteiger partial charge < -0.3 is 25.4 Å². The van der Waals surface area contributed by atoms with Crippen LogP contribution in [0.2, 0.25) is 0 Å². The standard InChI is InChI=1S/C20H25FN4O2/c1-25(14-15-3-5-16(21)6-4-15)10-9-23-20(22)24-17-7-8-18-19(13-17)27-12-2-11-26-18/h3-8,13H,2,9-12,14H2,1H3,(H3,22,23,24). The van der Waals surface area contributed by atoms with Crippen molar-refractivity contribution in [3.8, 4) is 11.5 Å². The number of hydrogen-bond acceptors (Lipinski definition) is 4. The Bertz CT molecular complexity index is 780. The molecule has 6 nitrogen and oxygen atoms in total. The van der Waals surface area contributed by atoms with Crippen LogP contribution in [0.5, 0.6) is 11.5 Å². The highest BCUT2D eigenvalue weighted by Crippen LogP contribution is 2.32. The van der Waals surface area contributed by atoms with Gasteiger partial charge in [0, 0.05) is 31.3 Å². The number of halogens is 1. The maximum Gasteiger partial charge on any atom is 0.193 e. The molecule has 0 aliphatic carbocycles. The molecule has 0 unspecified atom stereocenters. The Morgan fingerprint density at radius 3 is 2.67 bits per heavy atom. The monoisotopic (exact) mass is 372 g/mol. The van der Waals surface area contributed by atoms with Crippen LogP contribution in [0.15, 0.2) is 47.5 Å². The van der Waals surface area contributed by atoms with E-state index in [2.05, 4.69) is 15.2 Å². The molecule has 2 aromatic carbocycles. The number of anilines is 1. The molecule has 0 amide bonds. The number of rotatable bonds is 6. The first-order chi connectivity index (χ1) is 13.1. The second kappa shape index (κ2) is 9.23. The number of likely N-dealkylation sites (N-methyl/N-ethyl adjacent to an activating group) is 1. The molecule has 27 heavy (non-hydrogen) atoms. The second-order valence-electron chi connectivity index (χ2n) is 6.47. The minimum atomic E-state index is -0.223. The van der Waals surface area contributed by atoms with E-state index < -0.39 is 0 Å². The molecule has 0 spiro atoms. The van der Waals surface area contributed by atoms with Gasteiger partial charge in [0.2, 0.25) is 0 Å². The molecule has 0 bridgehead atoms. The van der Waals surface area contributed by atoms with Crippen molar-refractivity contribution >= 4 is 11.6 Å². The van der Waals surface area contributed by atoms with Gasteiger partial charge in [-0.15, -0.1) is 0 Å². The van der Waals surface area contributed by atoms with E-state index in [0.29, 0.717) is 31.5 Å². The van der Waals surface area contributed by atoms with E-state index in [-0.39, 0.29) is 5.82 Å². The first-order valence-electron chi connectivity index (χ1n) is 9.00. The Morgan fingerprint density at radius 1 is 1.15 bits per heavy atom.